The van der Waals surface area contributed by atoms with E-state index in [1.165, 1.54) is 7.11 Å². The van der Waals surface area contributed by atoms with E-state index in [-0.39, 0.29) is 23.9 Å². The molecule has 1 unspecified atom stereocenters. The molecule has 2 saturated carbocycles. The summed E-state index contributed by atoms with van der Waals surface area (Å²) in [5.74, 6) is -3.28. The molecule has 0 radical (unpaired) electrons. The van der Waals surface area contributed by atoms with E-state index >= 15 is 4.39 Å². The Morgan fingerprint density at radius 1 is 0.688 bits per heavy atom. The van der Waals surface area contributed by atoms with Gasteiger partial charge in [-0.25, -0.2) is 17.6 Å². The van der Waals surface area contributed by atoms with Gasteiger partial charge in [-0.2, -0.15) is 0 Å². The predicted molar refractivity (Wildman–Crippen MR) is 116 cm³/mol. The Bertz CT molecular complexity index is 878. The number of ether oxygens (including phenoxy) is 2. The van der Waals surface area contributed by atoms with Crippen LogP contribution in [0.3, 0.4) is 0 Å². The quantitative estimate of drug-likeness (QED) is 0.433. The molecule has 6 heteroatoms. The third kappa shape index (κ3) is 4.54. The van der Waals surface area contributed by atoms with Crippen LogP contribution in [0, 0.1) is 17.6 Å². The average molecular weight is 453 g/mol. The summed E-state index contributed by atoms with van der Waals surface area (Å²) < 4.78 is 69.1. The molecule has 1 aromatic carbocycles. The van der Waals surface area contributed by atoms with Crippen molar-refractivity contribution in [3.05, 3.63) is 58.2 Å². The molecule has 32 heavy (non-hydrogen) atoms. The van der Waals surface area contributed by atoms with Crippen LogP contribution in [-0.4, -0.2) is 26.4 Å². The van der Waals surface area contributed by atoms with E-state index in [2.05, 4.69) is 0 Å². The lowest BCUT2D eigenvalue weighted by Crippen LogP contribution is -2.22. The third-order valence-corrected chi connectivity index (χ3v) is 7.78. The smallest absolute Gasteiger partial charge is 0.165 e. The van der Waals surface area contributed by atoms with E-state index in [4.69, 9.17) is 9.47 Å². The average Bonchev–Trinajstić information content (AvgIpc) is 2.83. The maximum absolute atomic E-state index is 15.0. The van der Waals surface area contributed by atoms with Gasteiger partial charge in [0, 0.05) is 14.2 Å². The summed E-state index contributed by atoms with van der Waals surface area (Å²) in [5, 5.41) is 0. The van der Waals surface area contributed by atoms with Gasteiger partial charge in [0.25, 0.3) is 0 Å². The molecule has 0 spiro atoms. The Balaban J connectivity index is 1.42. The van der Waals surface area contributed by atoms with Crippen LogP contribution in [0.1, 0.15) is 80.8 Å². The summed E-state index contributed by atoms with van der Waals surface area (Å²) in [4.78, 5) is 0. The minimum atomic E-state index is -0.852. The number of halogens is 4. The van der Waals surface area contributed by atoms with Crippen LogP contribution in [0.25, 0.3) is 0 Å². The second-order valence-electron chi connectivity index (χ2n) is 9.41. The Morgan fingerprint density at radius 2 is 1.19 bits per heavy atom. The van der Waals surface area contributed by atoms with E-state index in [0.717, 1.165) is 25.7 Å². The second kappa shape index (κ2) is 10.1. The van der Waals surface area contributed by atoms with Crippen molar-refractivity contribution in [1.82, 2.24) is 0 Å². The van der Waals surface area contributed by atoms with Gasteiger partial charge in [-0.1, -0.05) is 18.2 Å². The van der Waals surface area contributed by atoms with Crippen LogP contribution >= 0.6 is 0 Å². The zero-order chi connectivity index (χ0) is 22.8. The summed E-state index contributed by atoms with van der Waals surface area (Å²) in [7, 11) is 3.06. The van der Waals surface area contributed by atoms with Crippen molar-refractivity contribution in [2.75, 3.05) is 14.2 Å². The minimum absolute atomic E-state index is 0.0273. The third-order valence-electron chi connectivity index (χ3n) is 7.78. The van der Waals surface area contributed by atoms with Gasteiger partial charge in [0.15, 0.2) is 23.3 Å². The van der Waals surface area contributed by atoms with Crippen LogP contribution in [0.15, 0.2) is 35.4 Å². The number of methoxy groups -OCH3 is 2. The summed E-state index contributed by atoms with van der Waals surface area (Å²) in [6, 6.07) is 3.49. The van der Waals surface area contributed by atoms with Crippen molar-refractivity contribution in [1.29, 1.82) is 0 Å². The zero-order valence-corrected chi connectivity index (χ0v) is 18.8. The molecule has 0 heterocycles. The normalized spacial score (nSPS) is 31.6. The van der Waals surface area contributed by atoms with Crippen molar-refractivity contribution in [3.63, 3.8) is 0 Å². The molecule has 0 aromatic heterocycles. The van der Waals surface area contributed by atoms with E-state index in [1.54, 1.807) is 25.3 Å². The SMILES string of the molecule is COC1CCC(c2ccc(C3CCC(C4=CCC(OC)C(F)=C4F)CC3)c(F)c2F)CC1. The maximum atomic E-state index is 15.0. The molecular weight excluding hydrogens is 420 g/mol. The van der Waals surface area contributed by atoms with Gasteiger partial charge in [0.1, 0.15) is 6.10 Å². The summed E-state index contributed by atoms with van der Waals surface area (Å²) in [6.45, 7) is 0. The monoisotopic (exact) mass is 452 g/mol. The lowest BCUT2D eigenvalue weighted by atomic mass is 9.74. The molecular formula is C26H32F4O2. The predicted octanol–water partition coefficient (Wildman–Crippen LogP) is 7.41. The van der Waals surface area contributed by atoms with Gasteiger partial charge in [-0.3, -0.25) is 0 Å². The van der Waals surface area contributed by atoms with Crippen molar-refractivity contribution in [2.24, 2.45) is 5.92 Å². The Kier molecular flexibility index (Phi) is 7.40. The standard InChI is InChI=1S/C26H32F4O2/c1-31-18-9-7-17(8-10-18)20-12-11-19(23(27)24(20)28)15-3-5-16(6-4-15)21-13-14-22(32-2)26(30)25(21)29/h11-13,15-18,22H,3-10,14H2,1-2H3. The molecule has 0 bridgehead atoms. The first-order chi connectivity index (χ1) is 15.4. The molecule has 4 rings (SSSR count). The van der Waals surface area contributed by atoms with E-state index in [0.29, 0.717) is 48.8 Å². The first-order valence-corrected chi connectivity index (χ1v) is 11.7. The molecule has 0 saturated heterocycles. The molecule has 0 aliphatic heterocycles. The molecule has 3 aliphatic rings. The van der Waals surface area contributed by atoms with Crippen LogP contribution in [0.4, 0.5) is 17.6 Å². The fourth-order valence-corrected chi connectivity index (χ4v) is 5.79. The van der Waals surface area contributed by atoms with Crippen molar-refractivity contribution >= 4 is 0 Å². The largest absolute Gasteiger partial charge is 0.381 e. The molecule has 176 valence electrons. The summed E-state index contributed by atoms with van der Waals surface area (Å²) in [6.07, 6.45) is 7.22. The topological polar surface area (TPSA) is 18.5 Å². The first-order valence-electron chi connectivity index (χ1n) is 11.7. The summed E-state index contributed by atoms with van der Waals surface area (Å²) >= 11 is 0. The molecule has 2 fully saturated rings. The number of rotatable bonds is 5. The lowest BCUT2D eigenvalue weighted by molar-refractivity contribution is 0.0655. The van der Waals surface area contributed by atoms with E-state index in [9.17, 15) is 13.2 Å². The second-order valence-corrected chi connectivity index (χ2v) is 9.41. The number of hydrogen-bond acceptors (Lipinski definition) is 2. The fourth-order valence-electron chi connectivity index (χ4n) is 5.79. The highest BCUT2D eigenvalue weighted by Crippen LogP contribution is 2.45. The highest BCUT2D eigenvalue weighted by molar-refractivity contribution is 5.37. The van der Waals surface area contributed by atoms with Gasteiger partial charge < -0.3 is 9.47 Å². The van der Waals surface area contributed by atoms with E-state index in [1.807, 2.05) is 0 Å². The summed E-state index contributed by atoms with van der Waals surface area (Å²) in [5.41, 5.74) is 1.29. The van der Waals surface area contributed by atoms with E-state index < -0.39 is 29.4 Å². The van der Waals surface area contributed by atoms with Gasteiger partial charge >= 0.3 is 0 Å². The highest BCUT2D eigenvalue weighted by Gasteiger charge is 2.34. The zero-order valence-electron chi connectivity index (χ0n) is 18.8. The van der Waals surface area contributed by atoms with Gasteiger partial charge in [-0.05, 0) is 92.2 Å². The fraction of sp³-hybridized carbons (Fsp3) is 0.615. The number of hydrogen-bond donors (Lipinski definition) is 0. The van der Waals surface area contributed by atoms with Crippen LogP contribution in [-0.2, 0) is 9.47 Å². The Labute approximate surface area is 187 Å². The van der Waals surface area contributed by atoms with Crippen LogP contribution in [0.2, 0.25) is 0 Å². The lowest BCUT2D eigenvalue weighted by Gasteiger charge is -2.32. The maximum Gasteiger partial charge on any atom is 0.165 e. The minimum Gasteiger partial charge on any atom is -0.381 e. The Morgan fingerprint density at radius 3 is 1.69 bits per heavy atom. The molecule has 1 atom stereocenters. The van der Waals surface area contributed by atoms with Gasteiger partial charge in [-0.15, -0.1) is 0 Å². The van der Waals surface area contributed by atoms with Crippen molar-refractivity contribution in [2.45, 2.75) is 81.8 Å². The van der Waals surface area contributed by atoms with Gasteiger partial charge in [0.2, 0.25) is 0 Å². The highest BCUT2D eigenvalue weighted by atomic mass is 19.2. The van der Waals surface area contributed by atoms with Crippen molar-refractivity contribution < 1.29 is 27.0 Å². The van der Waals surface area contributed by atoms with Gasteiger partial charge in [0.05, 0.1) is 6.10 Å². The number of benzene rings is 1. The first kappa shape index (κ1) is 23.5. The molecule has 3 aliphatic carbocycles. The molecule has 1 aromatic rings. The number of allylic oxidation sites excluding steroid dienone is 2. The Hall–Kier alpha value is -1.66. The van der Waals surface area contributed by atoms with Crippen LogP contribution < -0.4 is 0 Å². The molecule has 0 N–H and O–H groups in total. The van der Waals surface area contributed by atoms with Crippen molar-refractivity contribution in [3.8, 4) is 0 Å². The molecule has 2 nitrogen and oxygen atoms in total. The van der Waals surface area contributed by atoms with Crippen LogP contribution in [0.5, 0.6) is 0 Å². The molecule has 0 amide bonds.